The van der Waals surface area contributed by atoms with Gasteiger partial charge in [0.05, 0.1) is 13.7 Å². The quantitative estimate of drug-likeness (QED) is 0.758. The van der Waals surface area contributed by atoms with Crippen molar-refractivity contribution in [2.45, 2.75) is 6.54 Å². The van der Waals surface area contributed by atoms with Crippen LogP contribution in [0.1, 0.15) is 15.9 Å². The summed E-state index contributed by atoms with van der Waals surface area (Å²) >= 11 is 0. The fourth-order valence-corrected chi connectivity index (χ4v) is 3.29. The van der Waals surface area contributed by atoms with E-state index in [2.05, 4.69) is 4.98 Å². The molecule has 4 rings (SSSR count). The highest BCUT2D eigenvalue weighted by atomic mass is 16.5. The molecule has 1 aromatic heterocycles. The molecule has 1 N–H and O–H groups in total. The van der Waals surface area contributed by atoms with Crippen LogP contribution in [0.4, 0.5) is 0 Å². The topological polar surface area (TPSA) is 71.9 Å². The van der Waals surface area contributed by atoms with Gasteiger partial charge in [-0.1, -0.05) is 6.07 Å². The van der Waals surface area contributed by atoms with Crippen molar-refractivity contribution < 1.29 is 19.4 Å². The largest absolute Gasteiger partial charge is 0.504 e. The number of hydrogen-bond acceptors (Lipinski definition) is 5. The Labute approximate surface area is 163 Å². The molecule has 0 unspecified atom stereocenters. The Bertz CT molecular complexity index is 987. The molecule has 0 bridgehead atoms. The van der Waals surface area contributed by atoms with Gasteiger partial charge in [-0.05, 0) is 48.0 Å². The molecule has 1 amide bonds. The Hall–Kier alpha value is -3.54. The highest BCUT2D eigenvalue weighted by molar-refractivity contribution is 5.94. The van der Waals surface area contributed by atoms with E-state index < -0.39 is 0 Å². The number of fused-ring (bicyclic) bond motifs is 1. The molecule has 2 heterocycles. The first-order chi connectivity index (χ1) is 13.7. The van der Waals surface area contributed by atoms with Crippen LogP contribution in [0.2, 0.25) is 0 Å². The Morgan fingerprint density at radius 1 is 1.18 bits per heavy atom. The number of phenols is 1. The first kappa shape index (κ1) is 17.9. The van der Waals surface area contributed by atoms with Gasteiger partial charge in [0.2, 0.25) is 0 Å². The zero-order valence-electron chi connectivity index (χ0n) is 15.5. The summed E-state index contributed by atoms with van der Waals surface area (Å²) in [6.45, 7) is 1.10. The van der Waals surface area contributed by atoms with Gasteiger partial charge in [-0.15, -0.1) is 0 Å². The second-order valence-corrected chi connectivity index (χ2v) is 6.53. The van der Waals surface area contributed by atoms with E-state index in [1.54, 1.807) is 54.7 Å². The number of nitrogens with zero attached hydrogens (tertiary/aromatic N) is 2. The number of carbonyl (C=O) groups excluding carboxylic acids is 1. The van der Waals surface area contributed by atoms with Gasteiger partial charge >= 0.3 is 0 Å². The van der Waals surface area contributed by atoms with E-state index in [4.69, 9.17) is 9.47 Å². The summed E-state index contributed by atoms with van der Waals surface area (Å²) in [6.07, 6.45) is 3.43. The predicted molar refractivity (Wildman–Crippen MR) is 105 cm³/mol. The second kappa shape index (κ2) is 7.60. The first-order valence-corrected chi connectivity index (χ1v) is 8.98. The van der Waals surface area contributed by atoms with Gasteiger partial charge in [-0.3, -0.25) is 9.78 Å². The van der Waals surface area contributed by atoms with E-state index in [9.17, 15) is 9.90 Å². The molecule has 0 saturated carbocycles. The SMILES string of the molecule is COc1ccc(C(=O)N2CCOc3c(O)cc(-c4cccnc4)cc3C2)cc1. The van der Waals surface area contributed by atoms with Crippen molar-refractivity contribution >= 4 is 5.91 Å². The minimum absolute atomic E-state index is 0.0649. The molecule has 0 saturated heterocycles. The molecule has 6 nitrogen and oxygen atoms in total. The summed E-state index contributed by atoms with van der Waals surface area (Å²) in [6, 6.07) is 14.4. The zero-order valence-corrected chi connectivity index (χ0v) is 15.5. The summed E-state index contributed by atoms with van der Waals surface area (Å²) in [5, 5.41) is 10.5. The summed E-state index contributed by atoms with van der Waals surface area (Å²) in [5.41, 5.74) is 3.06. The van der Waals surface area contributed by atoms with Gasteiger partial charge in [-0.25, -0.2) is 0 Å². The molecule has 1 aliphatic heterocycles. The normalized spacial score (nSPS) is 13.2. The van der Waals surface area contributed by atoms with Crippen molar-refractivity contribution in [1.29, 1.82) is 0 Å². The van der Waals surface area contributed by atoms with Crippen molar-refractivity contribution in [2.75, 3.05) is 20.3 Å². The van der Waals surface area contributed by atoms with Crippen LogP contribution >= 0.6 is 0 Å². The molecule has 0 radical (unpaired) electrons. The number of ether oxygens (including phenoxy) is 2. The van der Waals surface area contributed by atoms with Crippen molar-refractivity contribution in [1.82, 2.24) is 9.88 Å². The standard InChI is InChI=1S/C22H20N2O4/c1-27-19-6-4-15(5-7-19)22(26)24-9-10-28-21-18(14-24)11-17(12-20(21)25)16-3-2-8-23-13-16/h2-8,11-13,25H,9-10,14H2,1H3. The Kier molecular flexibility index (Phi) is 4.85. The van der Waals surface area contributed by atoms with E-state index in [1.165, 1.54) is 0 Å². The van der Waals surface area contributed by atoms with Crippen LogP contribution in [0.25, 0.3) is 11.1 Å². The smallest absolute Gasteiger partial charge is 0.254 e. The number of aromatic nitrogens is 1. The molecule has 0 aliphatic carbocycles. The van der Waals surface area contributed by atoms with E-state index in [-0.39, 0.29) is 11.7 Å². The molecular weight excluding hydrogens is 356 g/mol. The molecule has 0 atom stereocenters. The molecule has 0 fully saturated rings. The van der Waals surface area contributed by atoms with Crippen LogP contribution in [-0.2, 0) is 6.54 Å². The lowest BCUT2D eigenvalue weighted by Gasteiger charge is -2.20. The fourth-order valence-electron chi connectivity index (χ4n) is 3.29. The Balaban J connectivity index is 1.65. The average Bonchev–Trinajstić information content (AvgIpc) is 2.97. The van der Waals surface area contributed by atoms with Crippen molar-refractivity contribution in [3.8, 4) is 28.4 Å². The number of benzene rings is 2. The average molecular weight is 376 g/mol. The van der Waals surface area contributed by atoms with E-state index in [0.717, 1.165) is 16.7 Å². The first-order valence-electron chi connectivity index (χ1n) is 8.98. The van der Waals surface area contributed by atoms with Gasteiger partial charge < -0.3 is 19.5 Å². The number of methoxy groups -OCH3 is 1. The van der Waals surface area contributed by atoms with Gasteiger partial charge in [0.15, 0.2) is 11.5 Å². The van der Waals surface area contributed by atoms with Crippen LogP contribution in [0.15, 0.2) is 60.9 Å². The lowest BCUT2D eigenvalue weighted by Crippen LogP contribution is -2.32. The highest BCUT2D eigenvalue weighted by Crippen LogP contribution is 2.37. The van der Waals surface area contributed by atoms with Crippen LogP contribution in [0.3, 0.4) is 0 Å². The summed E-state index contributed by atoms with van der Waals surface area (Å²) in [4.78, 5) is 18.8. The number of hydrogen-bond donors (Lipinski definition) is 1. The maximum absolute atomic E-state index is 13.0. The molecule has 6 heteroatoms. The number of rotatable bonds is 3. The highest BCUT2D eigenvalue weighted by Gasteiger charge is 2.23. The summed E-state index contributed by atoms with van der Waals surface area (Å²) < 4.78 is 10.9. The minimum Gasteiger partial charge on any atom is -0.504 e. The van der Waals surface area contributed by atoms with Crippen molar-refractivity contribution in [3.63, 3.8) is 0 Å². The molecular formula is C22H20N2O4. The molecule has 1 aliphatic rings. The van der Waals surface area contributed by atoms with Gasteiger partial charge in [0.1, 0.15) is 12.4 Å². The van der Waals surface area contributed by atoms with Crippen LogP contribution in [0.5, 0.6) is 17.2 Å². The van der Waals surface area contributed by atoms with Gasteiger partial charge in [0, 0.05) is 35.6 Å². The third-order valence-electron chi connectivity index (χ3n) is 4.73. The van der Waals surface area contributed by atoms with Crippen molar-refractivity contribution in [2.24, 2.45) is 0 Å². The molecule has 28 heavy (non-hydrogen) atoms. The van der Waals surface area contributed by atoms with E-state index >= 15 is 0 Å². The third-order valence-corrected chi connectivity index (χ3v) is 4.73. The maximum Gasteiger partial charge on any atom is 0.254 e. The van der Waals surface area contributed by atoms with E-state index in [1.807, 2.05) is 18.2 Å². The number of pyridine rings is 1. The summed E-state index contributed by atoms with van der Waals surface area (Å²) in [5.74, 6) is 1.10. The van der Waals surface area contributed by atoms with Crippen LogP contribution < -0.4 is 9.47 Å². The number of amides is 1. The van der Waals surface area contributed by atoms with E-state index in [0.29, 0.717) is 36.8 Å². The molecule has 0 spiro atoms. The lowest BCUT2D eigenvalue weighted by molar-refractivity contribution is 0.0733. The number of phenolic OH excluding ortho intramolecular Hbond substituents is 1. The molecule has 2 aromatic carbocycles. The number of aromatic hydroxyl groups is 1. The van der Waals surface area contributed by atoms with Gasteiger partial charge in [-0.2, -0.15) is 0 Å². The Morgan fingerprint density at radius 2 is 2.00 bits per heavy atom. The van der Waals surface area contributed by atoms with Gasteiger partial charge in [0.25, 0.3) is 5.91 Å². The molecule has 3 aromatic rings. The molecule has 142 valence electrons. The van der Waals surface area contributed by atoms with Crippen LogP contribution in [-0.4, -0.2) is 41.2 Å². The zero-order chi connectivity index (χ0) is 19.5. The Morgan fingerprint density at radius 3 is 2.71 bits per heavy atom. The monoisotopic (exact) mass is 376 g/mol. The number of carbonyl (C=O) groups is 1. The minimum atomic E-state index is -0.0922. The maximum atomic E-state index is 13.0. The van der Waals surface area contributed by atoms with Crippen LogP contribution in [0, 0.1) is 0 Å². The predicted octanol–water partition coefficient (Wildman–Crippen LogP) is 3.50. The fraction of sp³-hybridized carbons (Fsp3) is 0.182. The lowest BCUT2D eigenvalue weighted by atomic mass is 10.0. The van der Waals surface area contributed by atoms with Crippen molar-refractivity contribution in [3.05, 3.63) is 72.1 Å². The third kappa shape index (κ3) is 3.49. The second-order valence-electron chi connectivity index (χ2n) is 6.53. The summed E-state index contributed by atoms with van der Waals surface area (Å²) in [7, 11) is 1.59.